The lowest BCUT2D eigenvalue weighted by molar-refractivity contribution is 0.602. The first kappa shape index (κ1) is 11.9. The topological polar surface area (TPSA) is 38.1 Å². The zero-order valence-electron chi connectivity index (χ0n) is 10.4. The normalized spacial score (nSPS) is 13.9. The Labute approximate surface area is 119 Å². The summed E-state index contributed by atoms with van der Waals surface area (Å²) in [6.07, 6.45) is 0. The van der Waals surface area contributed by atoms with Gasteiger partial charge in [-0.05, 0) is 29.3 Å². The molecule has 100 valence electrons. The summed E-state index contributed by atoms with van der Waals surface area (Å²) in [6, 6.07) is 8.83. The molecule has 1 aromatic heterocycles. The molecule has 0 aliphatic carbocycles. The van der Waals surface area contributed by atoms with E-state index in [2.05, 4.69) is 22.4 Å². The number of hydrogen-bond donors (Lipinski definition) is 1. The third kappa shape index (κ3) is 1.80. The van der Waals surface area contributed by atoms with E-state index in [1.165, 1.54) is 23.3 Å². The van der Waals surface area contributed by atoms with Gasteiger partial charge in [0.15, 0.2) is 5.58 Å². The van der Waals surface area contributed by atoms with Gasteiger partial charge in [-0.15, -0.1) is 0 Å². The van der Waals surface area contributed by atoms with Crippen LogP contribution >= 0.6 is 11.6 Å². The summed E-state index contributed by atoms with van der Waals surface area (Å²) in [6.45, 7) is 1.74. The Balaban J connectivity index is 1.86. The fourth-order valence-electron chi connectivity index (χ4n) is 2.47. The Hall–Kier alpha value is -1.91. The Kier molecular flexibility index (Phi) is 2.55. The largest absolute Gasteiger partial charge is 0.436 e. The summed E-state index contributed by atoms with van der Waals surface area (Å²) in [4.78, 5) is 4.37. The highest BCUT2D eigenvalue weighted by Gasteiger charge is 2.15. The first-order valence-corrected chi connectivity index (χ1v) is 6.67. The van der Waals surface area contributed by atoms with Gasteiger partial charge >= 0.3 is 0 Å². The minimum atomic E-state index is -0.500. The molecule has 2 aromatic carbocycles. The van der Waals surface area contributed by atoms with E-state index in [4.69, 9.17) is 16.0 Å². The van der Waals surface area contributed by atoms with Crippen LogP contribution < -0.4 is 5.32 Å². The molecule has 0 unspecified atom stereocenters. The molecule has 0 radical (unpaired) electrons. The minimum absolute atomic E-state index is 0.0514. The van der Waals surface area contributed by atoms with Gasteiger partial charge in [-0.2, -0.15) is 0 Å². The van der Waals surface area contributed by atoms with Crippen molar-refractivity contribution in [3.8, 4) is 11.5 Å². The standard InChI is InChI=1S/C15H10ClFN2O/c16-11-4-13-14(5-12(11)17)20-15(19-13)8-1-2-9-6-18-7-10(9)3-8/h1-5,18H,6-7H2. The lowest BCUT2D eigenvalue weighted by Crippen LogP contribution is -1.99. The monoisotopic (exact) mass is 288 g/mol. The number of rotatable bonds is 1. The van der Waals surface area contributed by atoms with Gasteiger partial charge in [0, 0.05) is 24.7 Å². The second kappa shape index (κ2) is 4.30. The molecule has 1 N–H and O–H groups in total. The number of aromatic nitrogens is 1. The van der Waals surface area contributed by atoms with Crippen LogP contribution in [0.1, 0.15) is 11.1 Å². The van der Waals surface area contributed by atoms with Crippen LogP contribution in [0.4, 0.5) is 4.39 Å². The van der Waals surface area contributed by atoms with Crippen LogP contribution in [0, 0.1) is 5.82 Å². The molecular weight excluding hydrogens is 279 g/mol. The molecule has 3 aromatic rings. The average Bonchev–Trinajstić information content (AvgIpc) is 3.04. The van der Waals surface area contributed by atoms with Crippen LogP contribution in [0.5, 0.6) is 0 Å². The average molecular weight is 289 g/mol. The van der Waals surface area contributed by atoms with Crippen molar-refractivity contribution in [2.24, 2.45) is 0 Å². The molecular formula is C15H10ClFN2O. The summed E-state index contributed by atoms with van der Waals surface area (Å²) in [5.74, 6) is -0.0172. The fourth-order valence-corrected chi connectivity index (χ4v) is 2.63. The number of oxazole rings is 1. The Bertz CT molecular complexity index is 789. The van der Waals surface area contributed by atoms with Gasteiger partial charge in [0.25, 0.3) is 0 Å². The van der Waals surface area contributed by atoms with E-state index in [1.54, 1.807) is 0 Å². The van der Waals surface area contributed by atoms with E-state index >= 15 is 0 Å². The van der Waals surface area contributed by atoms with E-state index in [9.17, 15) is 4.39 Å². The molecule has 5 heteroatoms. The Morgan fingerprint density at radius 3 is 2.90 bits per heavy atom. The van der Waals surface area contributed by atoms with E-state index in [1.807, 2.05) is 6.07 Å². The van der Waals surface area contributed by atoms with Gasteiger partial charge < -0.3 is 9.73 Å². The first-order valence-electron chi connectivity index (χ1n) is 6.29. The van der Waals surface area contributed by atoms with Crippen molar-refractivity contribution in [3.05, 3.63) is 52.3 Å². The second-order valence-electron chi connectivity index (χ2n) is 4.84. The molecule has 0 bridgehead atoms. The molecule has 2 heterocycles. The predicted octanol–water partition coefficient (Wildman–Crippen LogP) is 3.89. The molecule has 1 aliphatic heterocycles. The summed E-state index contributed by atoms with van der Waals surface area (Å²) < 4.78 is 19.0. The van der Waals surface area contributed by atoms with Crippen LogP contribution in [0.25, 0.3) is 22.6 Å². The lowest BCUT2D eigenvalue weighted by atomic mass is 10.1. The van der Waals surface area contributed by atoms with E-state index in [0.29, 0.717) is 17.0 Å². The number of nitrogens with zero attached hydrogens (tertiary/aromatic N) is 1. The van der Waals surface area contributed by atoms with Crippen molar-refractivity contribution in [1.82, 2.24) is 10.3 Å². The third-order valence-electron chi connectivity index (χ3n) is 3.51. The molecule has 0 spiro atoms. The highest BCUT2D eigenvalue weighted by molar-refractivity contribution is 6.31. The maximum atomic E-state index is 13.4. The molecule has 0 saturated carbocycles. The first-order chi connectivity index (χ1) is 9.70. The van der Waals surface area contributed by atoms with Crippen molar-refractivity contribution in [3.63, 3.8) is 0 Å². The van der Waals surface area contributed by atoms with Crippen LogP contribution in [-0.4, -0.2) is 4.98 Å². The zero-order valence-corrected chi connectivity index (χ0v) is 11.2. The molecule has 4 rings (SSSR count). The van der Waals surface area contributed by atoms with Gasteiger partial charge in [0.1, 0.15) is 11.3 Å². The summed E-state index contributed by atoms with van der Waals surface area (Å²) >= 11 is 5.75. The van der Waals surface area contributed by atoms with Crippen LogP contribution in [0.3, 0.4) is 0 Å². The molecule has 3 nitrogen and oxygen atoms in total. The Morgan fingerprint density at radius 2 is 2.00 bits per heavy atom. The maximum absolute atomic E-state index is 13.4. The molecule has 0 atom stereocenters. The number of halogens is 2. The van der Waals surface area contributed by atoms with Crippen molar-refractivity contribution in [2.45, 2.75) is 13.1 Å². The van der Waals surface area contributed by atoms with Gasteiger partial charge in [-0.1, -0.05) is 17.7 Å². The fraction of sp³-hybridized carbons (Fsp3) is 0.133. The zero-order chi connectivity index (χ0) is 13.7. The molecule has 0 fully saturated rings. The summed E-state index contributed by atoms with van der Waals surface area (Å²) in [7, 11) is 0. The van der Waals surface area contributed by atoms with Crippen molar-refractivity contribution in [2.75, 3.05) is 0 Å². The molecule has 0 amide bonds. The van der Waals surface area contributed by atoms with Gasteiger partial charge in [0.2, 0.25) is 5.89 Å². The quantitative estimate of drug-likeness (QED) is 0.738. The van der Waals surface area contributed by atoms with Gasteiger partial charge in [-0.3, -0.25) is 0 Å². The van der Waals surface area contributed by atoms with Crippen molar-refractivity contribution < 1.29 is 8.81 Å². The molecule has 1 aliphatic rings. The summed E-state index contributed by atoms with van der Waals surface area (Å²) in [5.41, 5.74) is 4.39. The van der Waals surface area contributed by atoms with E-state index in [0.717, 1.165) is 18.7 Å². The van der Waals surface area contributed by atoms with E-state index in [-0.39, 0.29) is 5.02 Å². The number of hydrogen-bond acceptors (Lipinski definition) is 3. The maximum Gasteiger partial charge on any atom is 0.227 e. The lowest BCUT2D eigenvalue weighted by Gasteiger charge is -1.99. The van der Waals surface area contributed by atoms with Crippen LogP contribution in [0.2, 0.25) is 5.02 Å². The molecule has 0 saturated heterocycles. The van der Waals surface area contributed by atoms with Gasteiger partial charge in [0.05, 0.1) is 5.02 Å². The predicted molar refractivity (Wildman–Crippen MR) is 75.0 cm³/mol. The second-order valence-corrected chi connectivity index (χ2v) is 5.25. The third-order valence-corrected chi connectivity index (χ3v) is 3.80. The number of benzene rings is 2. The van der Waals surface area contributed by atoms with E-state index < -0.39 is 5.82 Å². The van der Waals surface area contributed by atoms with Crippen LogP contribution in [-0.2, 0) is 13.1 Å². The van der Waals surface area contributed by atoms with Crippen LogP contribution in [0.15, 0.2) is 34.7 Å². The summed E-state index contributed by atoms with van der Waals surface area (Å²) in [5, 5.41) is 3.34. The smallest absolute Gasteiger partial charge is 0.227 e. The van der Waals surface area contributed by atoms with Crippen molar-refractivity contribution in [1.29, 1.82) is 0 Å². The van der Waals surface area contributed by atoms with Gasteiger partial charge in [-0.25, -0.2) is 9.37 Å². The number of fused-ring (bicyclic) bond motifs is 2. The number of nitrogens with one attached hydrogen (secondary N) is 1. The van der Waals surface area contributed by atoms with Crippen molar-refractivity contribution >= 4 is 22.7 Å². The highest BCUT2D eigenvalue weighted by Crippen LogP contribution is 2.29. The Morgan fingerprint density at radius 1 is 1.15 bits per heavy atom. The molecule has 20 heavy (non-hydrogen) atoms. The minimum Gasteiger partial charge on any atom is -0.436 e. The highest BCUT2D eigenvalue weighted by atomic mass is 35.5. The SMILES string of the molecule is Fc1cc2oc(-c3ccc4c(c3)CNC4)nc2cc1Cl.